The van der Waals surface area contributed by atoms with Crippen molar-refractivity contribution < 1.29 is 13.5 Å². The number of hydrogen-bond donors (Lipinski definition) is 1. The zero-order chi connectivity index (χ0) is 10.9. The van der Waals surface area contributed by atoms with Gasteiger partial charge in [-0.25, -0.2) is 8.42 Å². The van der Waals surface area contributed by atoms with E-state index in [9.17, 15) is 13.5 Å². The number of aliphatic hydroxyl groups is 1. The summed E-state index contributed by atoms with van der Waals surface area (Å²) in [6, 6.07) is 0. The maximum atomic E-state index is 11.7. The predicted molar refractivity (Wildman–Crippen MR) is 59.4 cm³/mol. The Morgan fingerprint density at radius 2 is 1.93 bits per heavy atom. The van der Waals surface area contributed by atoms with Crippen LogP contribution < -0.4 is 0 Å². The lowest BCUT2D eigenvalue weighted by atomic mass is 10.0. The average Bonchev–Trinajstić information content (AvgIpc) is 2.97. The van der Waals surface area contributed by atoms with E-state index >= 15 is 0 Å². The molecule has 0 aromatic carbocycles. The second-order valence-corrected chi connectivity index (χ2v) is 7.33. The average molecular weight is 232 g/mol. The molecule has 2 fully saturated rings. The summed E-state index contributed by atoms with van der Waals surface area (Å²) in [6.45, 7) is 0. The van der Waals surface area contributed by atoms with Crippen molar-refractivity contribution in [3.8, 4) is 0 Å². The van der Waals surface area contributed by atoms with E-state index in [1.165, 1.54) is 12.8 Å². The van der Waals surface area contributed by atoms with E-state index < -0.39 is 21.2 Å². The Labute approximate surface area is 91.8 Å². The van der Waals surface area contributed by atoms with E-state index in [0.29, 0.717) is 12.8 Å². The molecule has 15 heavy (non-hydrogen) atoms. The molecule has 0 spiro atoms. The van der Waals surface area contributed by atoms with Gasteiger partial charge in [-0.2, -0.15) is 0 Å². The largest absolute Gasteiger partial charge is 0.392 e. The first-order valence-electron chi connectivity index (χ1n) is 5.99. The molecule has 4 heteroatoms. The summed E-state index contributed by atoms with van der Waals surface area (Å²) >= 11 is 0. The smallest absolute Gasteiger partial charge is 0.155 e. The lowest BCUT2D eigenvalue weighted by Crippen LogP contribution is -2.38. The molecule has 1 aliphatic heterocycles. The van der Waals surface area contributed by atoms with Crippen LogP contribution >= 0.6 is 0 Å². The van der Waals surface area contributed by atoms with Gasteiger partial charge in [0.15, 0.2) is 9.84 Å². The molecule has 1 N–H and O–H groups in total. The Balaban J connectivity index is 1.88. The van der Waals surface area contributed by atoms with Crippen molar-refractivity contribution in [1.29, 1.82) is 0 Å². The molecule has 0 aromatic heterocycles. The van der Waals surface area contributed by atoms with E-state index in [2.05, 4.69) is 0 Å². The van der Waals surface area contributed by atoms with Gasteiger partial charge in [0.05, 0.1) is 17.1 Å². The minimum Gasteiger partial charge on any atom is -0.392 e. The van der Waals surface area contributed by atoms with Crippen molar-refractivity contribution in [3.63, 3.8) is 0 Å². The van der Waals surface area contributed by atoms with Gasteiger partial charge in [-0.3, -0.25) is 0 Å². The highest BCUT2D eigenvalue weighted by Crippen LogP contribution is 2.35. The van der Waals surface area contributed by atoms with E-state index in [0.717, 1.165) is 25.2 Å². The molecule has 0 aromatic rings. The van der Waals surface area contributed by atoms with Crippen molar-refractivity contribution in [2.24, 2.45) is 5.92 Å². The van der Waals surface area contributed by atoms with Crippen LogP contribution in [0.3, 0.4) is 0 Å². The van der Waals surface area contributed by atoms with Crippen LogP contribution in [0, 0.1) is 5.92 Å². The highest BCUT2D eigenvalue weighted by molar-refractivity contribution is 7.92. The molecule has 0 bridgehead atoms. The van der Waals surface area contributed by atoms with Gasteiger partial charge in [-0.05, 0) is 31.6 Å². The summed E-state index contributed by atoms with van der Waals surface area (Å²) in [5, 5.41) is 9.44. The van der Waals surface area contributed by atoms with Crippen LogP contribution in [0.1, 0.15) is 44.9 Å². The van der Waals surface area contributed by atoms with Gasteiger partial charge in [-0.1, -0.05) is 19.3 Å². The van der Waals surface area contributed by atoms with Crippen LogP contribution in [0.25, 0.3) is 0 Å². The second-order valence-electron chi connectivity index (χ2n) is 4.99. The molecule has 3 nitrogen and oxygen atoms in total. The van der Waals surface area contributed by atoms with Crippen molar-refractivity contribution >= 4 is 9.84 Å². The maximum Gasteiger partial charge on any atom is 0.155 e. The van der Waals surface area contributed by atoms with Gasteiger partial charge in [0, 0.05) is 0 Å². The standard InChI is InChI=1S/C11H20O3S/c12-10(7-6-9-4-5-9)11-3-1-2-8-15(11,13)14/h9-12H,1-8H2. The molecule has 0 radical (unpaired) electrons. The summed E-state index contributed by atoms with van der Waals surface area (Å²) in [5.41, 5.74) is 0. The van der Waals surface area contributed by atoms with Crippen LogP contribution in [-0.4, -0.2) is 30.6 Å². The molecule has 2 rings (SSSR count). The van der Waals surface area contributed by atoms with Crippen LogP contribution in [0.4, 0.5) is 0 Å². The molecular weight excluding hydrogens is 212 g/mol. The van der Waals surface area contributed by atoms with E-state index in [1.54, 1.807) is 0 Å². The molecule has 1 saturated carbocycles. The fraction of sp³-hybridized carbons (Fsp3) is 1.00. The molecule has 0 amide bonds. The molecule has 1 aliphatic carbocycles. The Bertz CT molecular complexity index is 306. The molecule has 2 atom stereocenters. The van der Waals surface area contributed by atoms with Gasteiger partial charge < -0.3 is 5.11 Å². The van der Waals surface area contributed by atoms with E-state index in [4.69, 9.17) is 0 Å². The van der Waals surface area contributed by atoms with Gasteiger partial charge in [0.1, 0.15) is 0 Å². The van der Waals surface area contributed by atoms with Crippen LogP contribution in [0.5, 0.6) is 0 Å². The highest BCUT2D eigenvalue weighted by Gasteiger charge is 2.35. The fourth-order valence-electron chi connectivity index (χ4n) is 2.41. The van der Waals surface area contributed by atoms with Gasteiger partial charge >= 0.3 is 0 Å². The van der Waals surface area contributed by atoms with Crippen LogP contribution in [0.15, 0.2) is 0 Å². The quantitative estimate of drug-likeness (QED) is 0.799. The summed E-state index contributed by atoms with van der Waals surface area (Å²) < 4.78 is 23.4. The first-order valence-corrected chi connectivity index (χ1v) is 7.71. The summed E-state index contributed by atoms with van der Waals surface area (Å²) in [7, 11) is -3.00. The fourth-order valence-corrected chi connectivity index (χ4v) is 4.46. The minimum atomic E-state index is -3.00. The van der Waals surface area contributed by atoms with Crippen molar-refractivity contribution in [3.05, 3.63) is 0 Å². The second kappa shape index (κ2) is 4.42. The zero-order valence-electron chi connectivity index (χ0n) is 9.06. The Hall–Kier alpha value is -0.0900. The van der Waals surface area contributed by atoms with Crippen molar-refractivity contribution in [1.82, 2.24) is 0 Å². The molecule has 88 valence electrons. The van der Waals surface area contributed by atoms with Gasteiger partial charge in [-0.15, -0.1) is 0 Å². The number of hydrogen-bond acceptors (Lipinski definition) is 3. The first kappa shape index (κ1) is 11.4. The number of sulfone groups is 1. The predicted octanol–water partition coefficient (Wildman–Crippen LogP) is 1.50. The van der Waals surface area contributed by atoms with Gasteiger partial charge in [0.25, 0.3) is 0 Å². The highest BCUT2D eigenvalue weighted by atomic mass is 32.2. The molecular formula is C11H20O3S. The molecule has 2 aliphatic rings. The number of aliphatic hydroxyl groups excluding tert-OH is 1. The lowest BCUT2D eigenvalue weighted by molar-refractivity contribution is 0.147. The third-order valence-electron chi connectivity index (χ3n) is 3.63. The van der Waals surface area contributed by atoms with Crippen molar-refractivity contribution in [2.45, 2.75) is 56.3 Å². The normalized spacial score (nSPS) is 32.5. The molecule has 1 heterocycles. The SMILES string of the molecule is O=S1(=O)CCCCC1C(O)CCC1CC1. The van der Waals surface area contributed by atoms with E-state index in [1.807, 2.05) is 0 Å². The number of rotatable bonds is 4. The Morgan fingerprint density at radius 3 is 2.53 bits per heavy atom. The van der Waals surface area contributed by atoms with E-state index in [-0.39, 0.29) is 5.75 Å². The monoisotopic (exact) mass is 232 g/mol. The summed E-state index contributed by atoms with van der Waals surface area (Å²) in [4.78, 5) is 0. The lowest BCUT2D eigenvalue weighted by Gasteiger charge is -2.26. The third kappa shape index (κ3) is 2.94. The van der Waals surface area contributed by atoms with Crippen molar-refractivity contribution in [2.75, 3.05) is 5.75 Å². The Kier molecular flexibility index (Phi) is 3.36. The van der Waals surface area contributed by atoms with Crippen LogP contribution in [0.2, 0.25) is 0 Å². The van der Waals surface area contributed by atoms with Gasteiger partial charge in [0.2, 0.25) is 0 Å². The summed E-state index contributed by atoms with van der Waals surface area (Å²) in [5.74, 6) is 1.05. The molecule has 2 unspecified atom stereocenters. The topological polar surface area (TPSA) is 54.4 Å². The van der Waals surface area contributed by atoms with Crippen LogP contribution in [-0.2, 0) is 9.84 Å². The summed E-state index contributed by atoms with van der Waals surface area (Å²) in [6.07, 6.45) is 5.99. The first-order chi connectivity index (χ1) is 7.09. The maximum absolute atomic E-state index is 11.7. The molecule has 1 saturated heterocycles. The Morgan fingerprint density at radius 1 is 1.20 bits per heavy atom. The minimum absolute atomic E-state index is 0.276. The third-order valence-corrected chi connectivity index (χ3v) is 5.96. The zero-order valence-corrected chi connectivity index (χ0v) is 9.88.